The smallest absolute Gasteiger partial charge is 0.340 e. The van der Waals surface area contributed by atoms with Gasteiger partial charge in [-0.15, -0.1) is 0 Å². The number of carbonyl (C=O) groups excluding carboxylic acids is 1. The van der Waals surface area contributed by atoms with Crippen LogP contribution < -0.4 is 11.5 Å². The van der Waals surface area contributed by atoms with Gasteiger partial charge in [-0.3, -0.25) is 0 Å². The van der Waals surface area contributed by atoms with Crippen LogP contribution in [0.25, 0.3) is 0 Å². The Kier molecular flexibility index (Phi) is 4.06. The first-order valence-corrected chi connectivity index (χ1v) is 6.42. The molecule has 0 heterocycles. The fraction of sp³-hybridized carbons (Fsp3) is 0.0714. The molecule has 0 spiro atoms. The molecule has 0 aliphatic heterocycles. The molecule has 2 aromatic carbocycles. The van der Waals surface area contributed by atoms with Gasteiger partial charge in [0.25, 0.3) is 0 Å². The van der Waals surface area contributed by atoms with E-state index in [1.54, 1.807) is 12.1 Å². The molecule has 0 aromatic heterocycles. The van der Waals surface area contributed by atoms with Crippen molar-refractivity contribution in [3.63, 3.8) is 0 Å². The minimum absolute atomic E-state index is 0.204. The van der Waals surface area contributed by atoms with Crippen LogP contribution in [0, 0.1) is 0 Å². The Morgan fingerprint density at radius 1 is 1.11 bits per heavy atom. The zero-order chi connectivity index (χ0) is 13.8. The number of nitrogens with two attached hydrogens (primary N) is 2. The standard InChI is InChI=1S/C14H13BrN2O2/c15-10-3-1-9(2-4-10)8-19-14(18)12-6-5-11(16)7-13(12)17/h1-7H,8,16-17H2. The van der Waals surface area contributed by atoms with E-state index >= 15 is 0 Å². The van der Waals surface area contributed by atoms with E-state index in [4.69, 9.17) is 16.2 Å². The van der Waals surface area contributed by atoms with E-state index in [1.807, 2.05) is 24.3 Å². The number of nitrogen functional groups attached to an aromatic ring is 2. The average molecular weight is 321 g/mol. The van der Waals surface area contributed by atoms with Crippen LogP contribution in [0.2, 0.25) is 0 Å². The minimum Gasteiger partial charge on any atom is -0.457 e. The zero-order valence-electron chi connectivity index (χ0n) is 10.1. The molecular weight excluding hydrogens is 308 g/mol. The third kappa shape index (κ3) is 3.48. The zero-order valence-corrected chi connectivity index (χ0v) is 11.7. The molecule has 0 radical (unpaired) electrons. The van der Waals surface area contributed by atoms with E-state index in [-0.39, 0.29) is 6.61 Å². The van der Waals surface area contributed by atoms with Gasteiger partial charge in [-0.1, -0.05) is 28.1 Å². The highest BCUT2D eigenvalue weighted by atomic mass is 79.9. The Morgan fingerprint density at radius 2 is 1.79 bits per heavy atom. The Morgan fingerprint density at radius 3 is 2.42 bits per heavy atom. The van der Waals surface area contributed by atoms with Gasteiger partial charge in [-0.05, 0) is 35.9 Å². The molecule has 19 heavy (non-hydrogen) atoms. The molecule has 0 amide bonds. The Hall–Kier alpha value is -2.01. The van der Waals surface area contributed by atoms with Crippen LogP contribution in [0.1, 0.15) is 15.9 Å². The van der Waals surface area contributed by atoms with E-state index in [1.165, 1.54) is 6.07 Å². The lowest BCUT2D eigenvalue weighted by molar-refractivity contribution is 0.0474. The maximum absolute atomic E-state index is 11.9. The van der Waals surface area contributed by atoms with Crippen LogP contribution in [0.3, 0.4) is 0 Å². The Bertz CT molecular complexity index is 597. The van der Waals surface area contributed by atoms with Gasteiger partial charge in [-0.25, -0.2) is 4.79 Å². The predicted molar refractivity (Wildman–Crippen MR) is 78.5 cm³/mol. The number of halogens is 1. The van der Waals surface area contributed by atoms with Crippen LogP contribution in [-0.4, -0.2) is 5.97 Å². The molecule has 98 valence electrons. The van der Waals surface area contributed by atoms with Crippen molar-refractivity contribution in [3.05, 3.63) is 58.1 Å². The predicted octanol–water partition coefficient (Wildman–Crippen LogP) is 2.97. The van der Waals surface area contributed by atoms with Crippen molar-refractivity contribution in [2.24, 2.45) is 0 Å². The first kappa shape index (κ1) is 13.4. The summed E-state index contributed by atoms with van der Waals surface area (Å²) in [4.78, 5) is 11.9. The van der Waals surface area contributed by atoms with Crippen molar-refractivity contribution in [3.8, 4) is 0 Å². The Labute approximate surface area is 119 Å². The fourth-order valence-electron chi connectivity index (χ4n) is 1.57. The van der Waals surface area contributed by atoms with Gasteiger partial charge < -0.3 is 16.2 Å². The van der Waals surface area contributed by atoms with Gasteiger partial charge in [0.1, 0.15) is 6.61 Å². The van der Waals surface area contributed by atoms with Crippen molar-refractivity contribution in [2.45, 2.75) is 6.61 Å². The van der Waals surface area contributed by atoms with Crippen molar-refractivity contribution < 1.29 is 9.53 Å². The largest absolute Gasteiger partial charge is 0.457 e. The van der Waals surface area contributed by atoms with E-state index < -0.39 is 5.97 Å². The lowest BCUT2D eigenvalue weighted by Crippen LogP contribution is -2.08. The first-order valence-electron chi connectivity index (χ1n) is 5.63. The number of anilines is 2. The number of ether oxygens (including phenoxy) is 1. The SMILES string of the molecule is Nc1ccc(C(=O)OCc2ccc(Br)cc2)c(N)c1. The molecule has 4 nitrogen and oxygen atoms in total. The average Bonchev–Trinajstić information content (AvgIpc) is 2.37. The number of benzene rings is 2. The third-order valence-corrected chi connectivity index (χ3v) is 3.11. The van der Waals surface area contributed by atoms with Gasteiger partial charge in [0.2, 0.25) is 0 Å². The maximum atomic E-state index is 11.9. The van der Waals surface area contributed by atoms with E-state index in [0.29, 0.717) is 16.9 Å². The molecule has 4 N–H and O–H groups in total. The summed E-state index contributed by atoms with van der Waals surface area (Å²) < 4.78 is 6.18. The summed E-state index contributed by atoms with van der Waals surface area (Å²) in [5.41, 5.74) is 13.4. The molecule has 0 atom stereocenters. The lowest BCUT2D eigenvalue weighted by atomic mass is 10.1. The topological polar surface area (TPSA) is 78.3 Å². The second-order valence-electron chi connectivity index (χ2n) is 4.05. The van der Waals surface area contributed by atoms with E-state index in [9.17, 15) is 4.79 Å². The molecule has 0 saturated heterocycles. The minimum atomic E-state index is -0.458. The van der Waals surface area contributed by atoms with Gasteiger partial charge in [-0.2, -0.15) is 0 Å². The van der Waals surface area contributed by atoms with Gasteiger partial charge in [0, 0.05) is 15.8 Å². The molecule has 0 bridgehead atoms. The van der Waals surface area contributed by atoms with Crippen molar-refractivity contribution in [1.82, 2.24) is 0 Å². The van der Waals surface area contributed by atoms with E-state index in [2.05, 4.69) is 15.9 Å². The number of hydrogen-bond acceptors (Lipinski definition) is 4. The summed E-state index contributed by atoms with van der Waals surface area (Å²) in [5, 5.41) is 0. The van der Waals surface area contributed by atoms with Crippen LogP contribution in [0.15, 0.2) is 46.9 Å². The van der Waals surface area contributed by atoms with Crippen LogP contribution in [0.4, 0.5) is 11.4 Å². The Balaban J connectivity index is 2.03. The molecule has 0 aliphatic carbocycles. The summed E-state index contributed by atoms with van der Waals surface area (Å²) in [5.74, 6) is -0.458. The van der Waals surface area contributed by atoms with Crippen molar-refractivity contribution in [2.75, 3.05) is 11.5 Å². The van der Waals surface area contributed by atoms with Crippen LogP contribution in [-0.2, 0) is 11.3 Å². The van der Waals surface area contributed by atoms with Crippen molar-refractivity contribution >= 4 is 33.3 Å². The molecule has 5 heteroatoms. The highest BCUT2D eigenvalue weighted by molar-refractivity contribution is 9.10. The monoisotopic (exact) mass is 320 g/mol. The molecule has 0 aliphatic rings. The molecule has 0 saturated carbocycles. The maximum Gasteiger partial charge on any atom is 0.340 e. The summed E-state index contributed by atoms with van der Waals surface area (Å²) >= 11 is 3.34. The lowest BCUT2D eigenvalue weighted by Gasteiger charge is -2.07. The quantitative estimate of drug-likeness (QED) is 0.673. The second-order valence-corrected chi connectivity index (χ2v) is 4.96. The number of esters is 1. The molecule has 0 fully saturated rings. The molecule has 2 rings (SSSR count). The third-order valence-electron chi connectivity index (χ3n) is 2.58. The number of hydrogen-bond donors (Lipinski definition) is 2. The molecular formula is C14H13BrN2O2. The van der Waals surface area contributed by atoms with Gasteiger partial charge >= 0.3 is 5.97 Å². The van der Waals surface area contributed by atoms with Crippen LogP contribution >= 0.6 is 15.9 Å². The summed E-state index contributed by atoms with van der Waals surface area (Å²) in [7, 11) is 0. The van der Waals surface area contributed by atoms with Gasteiger partial charge in [0.05, 0.1) is 5.56 Å². The summed E-state index contributed by atoms with van der Waals surface area (Å²) in [6.07, 6.45) is 0. The number of rotatable bonds is 3. The normalized spacial score (nSPS) is 10.2. The van der Waals surface area contributed by atoms with Crippen molar-refractivity contribution in [1.29, 1.82) is 0 Å². The number of carbonyl (C=O) groups is 1. The second kappa shape index (κ2) is 5.75. The fourth-order valence-corrected chi connectivity index (χ4v) is 1.84. The highest BCUT2D eigenvalue weighted by Gasteiger charge is 2.11. The summed E-state index contributed by atoms with van der Waals surface area (Å²) in [6, 6.07) is 12.3. The molecule has 0 unspecified atom stereocenters. The first-order chi connectivity index (χ1) is 9.06. The highest BCUT2D eigenvalue weighted by Crippen LogP contribution is 2.18. The molecule has 2 aromatic rings. The van der Waals surface area contributed by atoms with E-state index in [0.717, 1.165) is 10.0 Å². The summed E-state index contributed by atoms with van der Waals surface area (Å²) in [6.45, 7) is 0.204. The van der Waals surface area contributed by atoms with Gasteiger partial charge in [0.15, 0.2) is 0 Å². The van der Waals surface area contributed by atoms with Crippen LogP contribution in [0.5, 0.6) is 0 Å².